The zero-order chi connectivity index (χ0) is 33.1. The molecule has 2 saturated heterocycles. The van der Waals surface area contributed by atoms with Crippen molar-refractivity contribution in [2.75, 3.05) is 58.2 Å². The molecule has 1 unspecified atom stereocenters. The lowest BCUT2D eigenvalue weighted by Crippen LogP contribution is -2.55. The van der Waals surface area contributed by atoms with Crippen LogP contribution in [0.25, 0.3) is 11.2 Å². The maximum Gasteiger partial charge on any atom is 0.389 e. The van der Waals surface area contributed by atoms with Gasteiger partial charge in [0.25, 0.3) is 5.91 Å². The smallest absolute Gasteiger partial charge is 0.339 e. The molecular weight excluding hydrogens is 613 g/mol. The zero-order valence-corrected chi connectivity index (χ0v) is 26.3. The van der Waals surface area contributed by atoms with E-state index in [0.29, 0.717) is 68.3 Å². The van der Waals surface area contributed by atoms with E-state index in [9.17, 15) is 27.6 Å². The van der Waals surface area contributed by atoms with Crippen LogP contribution < -0.4 is 10.6 Å². The first-order chi connectivity index (χ1) is 22.6. The molecule has 250 valence electrons. The van der Waals surface area contributed by atoms with Crippen molar-refractivity contribution in [1.82, 2.24) is 34.6 Å². The predicted molar refractivity (Wildman–Crippen MR) is 170 cm³/mol. The summed E-state index contributed by atoms with van der Waals surface area (Å²) < 4.78 is 39.2. The molecule has 2 aromatic heterocycles. The number of nitrogens with one attached hydrogen (secondary N) is 2. The Morgan fingerprint density at radius 1 is 1.02 bits per heavy atom. The Kier molecular flexibility index (Phi) is 9.60. The molecule has 0 spiro atoms. The number of likely N-dealkylation sites (N-methyl/N-ethyl adjacent to an activating group) is 1. The fourth-order valence-corrected chi connectivity index (χ4v) is 6.53. The largest absolute Gasteiger partial charge is 0.389 e. The summed E-state index contributed by atoms with van der Waals surface area (Å²) in [5.74, 6) is 0.0426. The Morgan fingerprint density at radius 3 is 2.47 bits per heavy atom. The highest BCUT2D eigenvalue weighted by molar-refractivity contribution is 5.95. The summed E-state index contributed by atoms with van der Waals surface area (Å²) in [6, 6.07) is 10.8. The summed E-state index contributed by atoms with van der Waals surface area (Å²) in [5.41, 5.74) is 3.67. The number of nitrogens with zero attached hydrogens (tertiary/aromatic N) is 6. The van der Waals surface area contributed by atoms with E-state index in [1.54, 1.807) is 35.0 Å². The average Bonchev–Trinajstić information content (AvgIpc) is 3.49. The standard InChI is InChI=1S/C33H39F3N8O3/c1-41-20-14-37-21-27(41)29(46)23-11-18-43(19-12-23)31(47)24-4-6-25(7-5-24)38-32-39-30-26(3-2-15-44(30)40-32)22-9-16-42(17-10-22)28(45)8-13-33(34,35)36/h2-7,9,15,23,27,37H,8,10-14,16-21H2,1H3,(H,38,40). The van der Waals surface area contributed by atoms with Crippen LogP contribution in [-0.2, 0) is 9.59 Å². The third kappa shape index (κ3) is 7.65. The molecule has 3 aliphatic heterocycles. The number of anilines is 2. The third-order valence-electron chi connectivity index (χ3n) is 9.30. The van der Waals surface area contributed by atoms with Crippen LogP contribution in [0, 0.1) is 5.92 Å². The van der Waals surface area contributed by atoms with E-state index >= 15 is 0 Å². The summed E-state index contributed by atoms with van der Waals surface area (Å²) in [5, 5.41) is 11.0. The number of hydrogen-bond acceptors (Lipinski definition) is 8. The monoisotopic (exact) mass is 652 g/mol. The van der Waals surface area contributed by atoms with E-state index in [2.05, 4.69) is 25.6 Å². The normalized spacial score (nSPS) is 19.9. The number of aromatic nitrogens is 3. The lowest BCUT2D eigenvalue weighted by atomic mass is 9.87. The molecule has 11 nitrogen and oxygen atoms in total. The number of pyridine rings is 1. The van der Waals surface area contributed by atoms with Gasteiger partial charge in [-0.05, 0) is 68.3 Å². The van der Waals surface area contributed by atoms with Gasteiger partial charge in [-0.2, -0.15) is 18.2 Å². The number of carbonyl (C=O) groups is 3. The van der Waals surface area contributed by atoms with Gasteiger partial charge in [-0.15, -0.1) is 5.10 Å². The number of halogens is 3. The Hall–Kier alpha value is -4.30. The molecule has 1 aromatic carbocycles. The van der Waals surface area contributed by atoms with Crippen LogP contribution in [0.1, 0.15) is 48.0 Å². The highest BCUT2D eigenvalue weighted by Gasteiger charge is 2.34. The van der Waals surface area contributed by atoms with Crippen molar-refractivity contribution in [3.63, 3.8) is 0 Å². The van der Waals surface area contributed by atoms with E-state index in [1.807, 2.05) is 30.2 Å². The van der Waals surface area contributed by atoms with Gasteiger partial charge < -0.3 is 20.4 Å². The fourth-order valence-electron chi connectivity index (χ4n) is 6.53. The van der Waals surface area contributed by atoms with Gasteiger partial charge in [0.15, 0.2) is 11.4 Å². The number of fused-ring (bicyclic) bond motifs is 1. The Balaban J connectivity index is 1.04. The molecule has 1 atom stereocenters. The SMILES string of the molecule is CN1CCNCC1C(=O)C1CCN(C(=O)c2ccc(Nc3nc4c(C5=CCN(C(=O)CCC(F)(F)F)CC5)cccn4n3)cc2)CC1. The number of piperazine rings is 1. The fraction of sp³-hybridized carbons (Fsp3) is 0.485. The highest BCUT2D eigenvalue weighted by Crippen LogP contribution is 2.28. The van der Waals surface area contributed by atoms with Crippen LogP contribution in [0.15, 0.2) is 48.7 Å². The molecule has 2 amide bonds. The lowest BCUT2D eigenvalue weighted by Gasteiger charge is -2.37. The second-order valence-corrected chi connectivity index (χ2v) is 12.4. The molecule has 2 N–H and O–H groups in total. The van der Waals surface area contributed by atoms with Crippen molar-refractivity contribution in [2.45, 2.75) is 44.3 Å². The molecule has 2 fully saturated rings. The first kappa shape index (κ1) is 32.6. The lowest BCUT2D eigenvalue weighted by molar-refractivity contribution is -0.148. The van der Waals surface area contributed by atoms with Crippen LogP contribution in [0.4, 0.5) is 24.8 Å². The Morgan fingerprint density at radius 2 is 1.79 bits per heavy atom. The van der Waals surface area contributed by atoms with Crippen LogP contribution in [0.2, 0.25) is 0 Å². The number of benzene rings is 1. The first-order valence-electron chi connectivity index (χ1n) is 16.1. The van der Waals surface area contributed by atoms with Gasteiger partial charge in [0, 0.05) is 81.2 Å². The molecule has 5 heterocycles. The van der Waals surface area contributed by atoms with E-state index < -0.39 is 24.9 Å². The topological polar surface area (TPSA) is 115 Å². The van der Waals surface area contributed by atoms with Crippen molar-refractivity contribution < 1.29 is 27.6 Å². The Bertz CT molecular complexity index is 1650. The van der Waals surface area contributed by atoms with Gasteiger partial charge in [0.1, 0.15) is 0 Å². The summed E-state index contributed by atoms with van der Waals surface area (Å²) in [6.45, 7) is 4.10. The highest BCUT2D eigenvalue weighted by atomic mass is 19.4. The minimum atomic E-state index is -4.36. The van der Waals surface area contributed by atoms with Crippen molar-refractivity contribution in [3.8, 4) is 0 Å². The zero-order valence-electron chi connectivity index (χ0n) is 26.3. The molecule has 3 aromatic rings. The van der Waals surface area contributed by atoms with Gasteiger partial charge in [-0.25, -0.2) is 4.52 Å². The summed E-state index contributed by atoms with van der Waals surface area (Å²) in [4.78, 5) is 48.6. The van der Waals surface area contributed by atoms with Crippen molar-refractivity contribution in [2.24, 2.45) is 5.92 Å². The number of Topliss-reactive ketones (excluding diaryl/α,β-unsaturated/α-hetero) is 1. The number of rotatable bonds is 8. The van der Waals surface area contributed by atoms with Crippen LogP contribution in [0.3, 0.4) is 0 Å². The number of hydrogen-bond donors (Lipinski definition) is 2. The maximum absolute atomic E-state index is 13.2. The molecule has 0 radical (unpaired) electrons. The summed E-state index contributed by atoms with van der Waals surface area (Å²) in [7, 11) is 2.00. The molecule has 0 aliphatic carbocycles. The van der Waals surface area contributed by atoms with Crippen molar-refractivity contribution in [1.29, 1.82) is 0 Å². The van der Waals surface area contributed by atoms with E-state index in [4.69, 9.17) is 0 Å². The number of alkyl halides is 3. The molecular formula is C33H39F3N8O3. The number of likely N-dealkylation sites (tertiary alicyclic amines) is 1. The second-order valence-electron chi connectivity index (χ2n) is 12.4. The third-order valence-corrected chi connectivity index (χ3v) is 9.30. The van der Waals surface area contributed by atoms with Crippen molar-refractivity contribution in [3.05, 3.63) is 59.8 Å². The maximum atomic E-state index is 13.2. The van der Waals surface area contributed by atoms with Gasteiger partial charge in [0.05, 0.1) is 12.5 Å². The molecule has 6 rings (SSSR count). The molecule has 14 heteroatoms. The molecule has 47 heavy (non-hydrogen) atoms. The predicted octanol–water partition coefficient (Wildman–Crippen LogP) is 3.76. The van der Waals surface area contributed by atoms with Crippen LogP contribution >= 0.6 is 0 Å². The molecule has 0 bridgehead atoms. The summed E-state index contributed by atoms with van der Waals surface area (Å²) in [6.07, 6.45) is -0.556. The number of carbonyl (C=O) groups excluding carboxylic acids is 3. The van der Waals surface area contributed by atoms with E-state index in [-0.39, 0.29) is 30.2 Å². The van der Waals surface area contributed by atoms with E-state index in [0.717, 1.165) is 24.2 Å². The van der Waals surface area contributed by atoms with Gasteiger partial charge >= 0.3 is 6.18 Å². The minimum Gasteiger partial charge on any atom is -0.339 e. The number of amides is 2. The second kappa shape index (κ2) is 13.8. The summed E-state index contributed by atoms with van der Waals surface area (Å²) >= 11 is 0. The van der Waals surface area contributed by atoms with Gasteiger partial charge in [-0.1, -0.05) is 6.08 Å². The van der Waals surface area contributed by atoms with Gasteiger partial charge in [0.2, 0.25) is 11.9 Å². The number of ketones is 1. The molecule has 3 aliphatic rings. The van der Waals surface area contributed by atoms with Crippen LogP contribution in [0.5, 0.6) is 0 Å². The molecule has 0 saturated carbocycles. The van der Waals surface area contributed by atoms with Crippen molar-refractivity contribution >= 4 is 40.5 Å². The number of piperidine rings is 1. The quantitative estimate of drug-likeness (QED) is 0.378. The van der Waals surface area contributed by atoms with E-state index in [1.165, 1.54) is 4.90 Å². The van der Waals surface area contributed by atoms with Gasteiger partial charge in [-0.3, -0.25) is 19.3 Å². The van der Waals surface area contributed by atoms with Crippen LogP contribution in [-0.4, -0.2) is 112 Å². The average molecular weight is 653 g/mol. The Labute approximate surface area is 270 Å². The first-order valence-corrected chi connectivity index (χ1v) is 16.1. The minimum absolute atomic E-state index is 0.0265.